The first-order chi connectivity index (χ1) is 10.4. The fraction of sp³-hybridized carbons (Fsp3) is 0.235. The summed E-state index contributed by atoms with van der Waals surface area (Å²) in [6, 6.07) is 10.8. The fourth-order valence-electron chi connectivity index (χ4n) is 2.74. The van der Waals surface area contributed by atoms with Gasteiger partial charge < -0.3 is 20.2 Å². The molecule has 1 heterocycles. The second-order valence-corrected chi connectivity index (χ2v) is 5.86. The fourth-order valence-corrected chi connectivity index (χ4v) is 2.74. The molecule has 2 N–H and O–H groups in total. The van der Waals surface area contributed by atoms with Gasteiger partial charge >= 0.3 is 0 Å². The molecule has 0 bridgehead atoms. The number of carbonyl (C=O) groups is 1. The van der Waals surface area contributed by atoms with Crippen LogP contribution in [0.4, 0.5) is 21.5 Å². The van der Waals surface area contributed by atoms with Crippen LogP contribution in [0.25, 0.3) is 0 Å². The standard InChI is InChI=1S/C17H17FN2O2/c1-17(2)16(10-21)20(13-6-3-11(18)4-7-13)14-8-5-12(19)9-15(14)22-17/h3-10,16H,19H2,1-2H3. The molecule has 3 rings (SSSR count). The third-order valence-electron chi connectivity index (χ3n) is 3.84. The van der Waals surface area contributed by atoms with Gasteiger partial charge in [-0.3, -0.25) is 0 Å². The average Bonchev–Trinajstić information content (AvgIpc) is 2.45. The van der Waals surface area contributed by atoms with Gasteiger partial charge in [0.1, 0.15) is 29.5 Å². The molecule has 0 spiro atoms. The summed E-state index contributed by atoms with van der Waals surface area (Å²) in [4.78, 5) is 13.5. The number of anilines is 3. The quantitative estimate of drug-likeness (QED) is 0.683. The van der Waals surface area contributed by atoms with Crippen molar-refractivity contribution < 1.29 is 13.9 Å². The summed E-state index contributed by atoms with van der Waals surface area (Å²) < 4.78 is 19.2. The zero-order valence-electron chi connectivity index (χ0n) is 12.4. The van der Waals surface area contributed by atoms with Crippen LogP contribution in [0.2, 0.25) is 0 Å². The maximum absolute atomic E-state index is 13.2. The Balaban J connectivity index is 2.20. The predicted octanol–water partition coefficient (Wildman–Crippen LogP) is 3.28. The van der Waals surface area contributed by atoms with E-state index in [4.69, 9.17) is 10.5 Å². The van der Waals surface area contributed by atoms with Gasteiger partial charge in [0, 0.05) is 17.4 Å². The predicted molar refractivity (Wildman–Crippen MR) is 84.0 cm³/mol. The number of fused-ring (bicyclic) bond motifs is 1. The van der Waals surface area contributed by atoms with Gasteiger partial charge in [0.05, 0.1) is 5.69 Å². The highest BCUT2D eigenvalue weighted by Gasteiger charge is 2.42. The van der Waals surface area contributed by atoms with Crippen molar-refractivity contribution in [3.8, 4) is 5.75 Å². The number of nitrogens with two attached hydrogens (primary N) is 1. The van der Waals surface area contributed by atoms with Crippen molar-refractivity contribution in [3.05, 3.63) is 48.3 Å². The van der Waals surface area contributed by atoms with Crippen LogP contribution < -0.4 is 15.4 Å². The average molecular weight is 300 g/mol. The lowest BCUT2D eigenvalue weighted by atomic mass is 9.94. The molecular formula is C17H17FN2O2. The van der Waals surface area contributed by atoms with Crippen LogP contribution in [-0.2, 0) is 4.79 Å². The lowest BCUT2D eigenvalue weighted by molar-refractivity contribution is -0.112. The van der Waals surface area contributed by atoms with Gasteiger partial charge in [-0.15, -0.1) is 0 Å². The zero-order chi connectivity index (χ0) is 15.9. The van der Waals surface area contributed by atoms with E-state index in [-0.39, 0.29) is 5.82 Å². The molecule has 0 fully saturated rings. The van der Waals surface area contributed by atoms with Crippen LogP contribution in [0, 0.1) is 5.82 Å². The lowest BCUT2D eigenvalue weighted by Gasteiger charge is -2.45. The van der Waals surface area contributed by atoms with Gasteiger partial charge in [-0.2, -0.15) is 0 Å². The number of nitrogen functional groups attached to an aromatic ring is 1. The van der Waals surface area contributed by atoms with Gasteiger partial charge in [0.2, 0.25) is 0 Å². The lowest BCUT2D eigenvalue weighted by Crippen LogP contribution is -2.55. The summed E-state index contributed by atoms with van der Waals surface area (Å²) in [6.07, 6.45) is 0.850. The molecule has 0 amide bonds. The summed E-state index contributed by atoms with van der Waals surface area (Å²) in [6.45, 7) is 3.68. The number of nitrogens with zero attached hydrogens (tertiary/aromatic N) is 1. The van der Waals surface area contributed by atoms with Gasteiger partial charge in [0.15, 0.2) is 0 Å². The molecule has 1 aliphatic rings. The van der Waals surface area contributed by atoms with Crippen molar-refractivity contribution in [1.82, 2.24) is 0 Å². The number of halogens is 1. The van der Waals surface area contributed by atoms with Crippen LogP contribution in [0.1, 0.15) is 13.8 Å². The number of aldehydes is 1. The van der Waals surface area contributed by atoms with E-state index >= 15 is 0 Å². The first-order valence-electron chi connectivity index (χ1n) is 7.01. The number of ether oxygens (including phenoxy) is 1. The molecule has 2 aromatic rings. The molecule has 0 saturated heterocycles. The minimum Gasteiger partial charge on any atom is -0.483 e. The van der Waals surface area contributed by atoms with E-state index in [1.54, 1.807) is 30.3 Å². The van der Waals surface area contributed by atoms with E-state index in [0.717, 1.165) is 17.7 Å². The Kier molecular flexibility index (Phi) is 3.28. The van der Waals surface area contributed by atoms with E-state index in [0.29, 0.717) is 11.4 Å². The Morgan fingerprint density at radius 2 is 1.91 bits per heavy atom. The summed E-state index contributed by atoms with van der Waals surface area (Å²) in [5.74, 6) is 0.281. The van der Waals surface area contributed by atoms with E-state index in [1.165, 1.54) is 12.1 Å². The number of hydrogen-bond donors (Lipinski definition) is 1. The SMILES string of the molecule is CC1(C)Oc2cc(N)ccc2N(c2ccc(F)cc2)C1C=O. The Bertz CT molecular complexity index is 713. The molecule has 0 aromatic heterocycles. The molecule has 2 aromatic carbocycles. The molecule has 22 heavy (non-hydrogen) atoms. The maximum Gasteiger partial charge on any atom is 0.146 e. The third kappa shape index (κ3) is 2.28. The molecule has 0 saturated carbocycles. The Morgan fingerprint density at radius 1 is 1.23 bits per heavy atom. The summed E-state index contributed by atoms with van der Waals surface area (Å²) >= 11 is 0. The first-order valence-corrected chi connectivity index (χ1v) is 7.01. The van der Waals surface area contributed by atoms with Crippen molar-refractivity contribution in [2.75, 3.05) is 10.6 Å². The van der Waals surface area contributed by atoms with Crippen LogP contribution in [0.3, 0.4) is 0 Å². The highest BCUT2D eigenvalue weighted by molar-refractivity contribution is 5.81. The van der Waals surface area contributed by atoms with Crippen molar-refractivity contribution in [2.45, 2.75) is 25.5 Å². The topological polar surface area (TPSA) is 55.6 Å². The smallest absolute Gasteiger partial charge is 0.146 e. The minimum absolute atomic E-state index is 0.323. The number of carbonyl (C=O) groups excluding carboxylic acids is 1. The van der Waals surface area contributed by atoms with Crippen molar-refractivity contribution in [1.29, 1.82) is 0 Å². The molecule has 1 unspecified atom stereocenters. The van der Waals surface area contributed by atoms with E-state index in [2.05, 4.69) is 0 Å². The Morgan fingerprint density at radius 3 is 2.55 bits per heavy atom. The van der Waals surface area contributed by atoms with Gasteiger partial charge in [-0.25, -0.2) is 4.39 Å². The zero-order valence-corrected chi connectivity index (χ0v) is 12.4. The van der Waals surface area contributed by atoms with Crippen molar-refractivity contribution in [2.24, 2.45) is 0 Å². The minimum atomic E-state index is -0.739. The highest BCUT2D eigenvalue weighted by atomic mass is 19.1. The molecule has 5 heteroatoms. The van der Waals surface area contributed by atoms with Gasteiger partial charge in [-0.1, -0.05) is 0 Å². The second-order valence-electron chi connectivity index (χ2n) is 5.86. The van der Waals surface area contributed by atoms with Crippen molar-refractivity contribution in [3.63, 3.8) is 0 Å². The monoisotopic (exact) mass is 300 g/mol. The van der Waals surface area contributed by atoms with E-state index < -0.39 is 11.6 Å². The maximum atomic E-state index is 13.2. The van der Waals surface area contributed by atoms with Crippen LogP contribution in [-0.4, -0.2) is 17.9 Å². The molecule has 1 aliphatic heterocycles. The highest BCUT2D eigenvalue weighted by Crippen LogP contribution is 2.44. The Hall–Kier alpha value is -2.56. The number of benzene rings is 2. The van der Waals surface area contributed by atoms with Crippen molar-refractivity contribution >= 4 is 23.3 Å². The van der Waals surface area contributed by atoms with Gasteiger partial charge in [0.25, 0.3) is 0 Å². The molecule has 0 radical (unpaired) electrons. The molecule has 0 aliphatic carbocycles. The van der Waals surface area contributed by atoms with Gasteiger partial charge in [-0.05, 0) is 50.2 Å². The molecule has 114 valence electrons. The molecule has 1 atom stereocenters. The molecule has 4 nitrogen and oxygen atoms in total. The first kappa shape index (κ1) is 14.4. The second kappa shape index (κ2) is 5.02. The Labute approximate surface area is 128 Å². The number of hydrogen-bond acceptors (Lipinski definition) is 4. The third-order valence-corrected chi connectivity index (χ3v) is 3.84. The van der Waals surface area contributed by atoms with Crippen LogP contribution in [0.5, 0.6) is 5.75 Å². The molecular weight excluding hydrogens is 283 g/mol. The van der Waals surface area contributed by atoms with Crippen LogP contribution in [0.15, 0.2) is 42.5 Å². The normalized spacial score (nSPS) is 19.2. The van der Waals surface area contributed by atoms with Crippen LogP contribution >= 0.6 is 0 Å². The summed E-state index contributed by atoms with van der Waals surface area (Å²) in [5, 5.41) is 0. The summed E-state index contributed by atoms with van der Waals surface area (Å²) in [7, 11) is 0. The van der Waals surface area contributed by atoms with E-state index in [9.17, 15) is 9.18 Å². The largest absolute Gasteiger partial charge is 0.483 e. The van der Waals surface area contributed by atoms with E-state index in [1.807, 2.05) is 18.7 Å². The summed E-state index contributed by atoms with van der Waals surface area (Å²) in [5.41, 5.74) is 7.12. The number of rotatable bonds is 2.